The number of nitrogens with zero attached hydrogens (tertiary/aromatic N) is 3. The third-order valence-corrected chi connectivity index (χ3v) is 8.56. The van der Waals surface area contributed by atoms with E-state index in [1.807, 2.05) is 50.5 Å². The van der Waals surface area contributed by atoms with Crippen molar-refractivity contribution in [2.24, 2.45) is 23.3 Å². The highest BCUT2D eigenvalue weighted by Gasteiger charge is 2.35. The topological polar surface area (TPSA) is 163 Å². The summed E-state index contributed by atoms with van der Waals surface area (Å²) in [7, 11) is 4.06. The van der Waals surface area contributed by atoms with Gasteiger partial charge in [0.15, 0.2) is 0 Å². The van der Waals surface area contributed by atoms with Gasteiger partial charge in [-0.2, -0.15) is 0 Å². The number of H-pyrrole nitrogens is 2. The van der Waals surface area contributed by atoms with Crippen molar-refractivity contribution in [1.82, 2.24) is 20.1 Å². The third kappa shape index (κ3) is 8.41. The molecule has 11 nitrogen and oxygen atoms in total. The normalized spacial score (nSPS) is 17.0. The fourth-order valence-electron chi connectivity index (χ4n) is 5.93. The van der Waals surface area contributed by atoms with Crippen molar-refractivity contribution in [3.63, 3.8) is 0 Å². The van der Waals surface area contributed by atoms with Crippen molar-refractivity contribution >= 4 is 40.8 Å². The molecule has 246 valence electrons. The Balaban J connectivity index is 0.00000480. The summed E-state index contributed by atoms with van der Waals surface area (Å²) < 4.78 is 5.76. The summed E-state index contributed by atoms with van der Waals surface area (Å²) in [5, 5.41) is 5.81. The van der Waals surface area contributed by atoms with E-state index in [-0.39, 0.29) is 36.2 Å². The van der Waals surface area contributed by atoms with Crippen molar-refractivity contribution in [3.05, 3.63) is 76.7 Å². The molecule has 12 heteroatoms. The van der Waals surface area contributed by atoms with Gasteiger partial charge in [0.05, 0.1) is 29.2 Å². The number of hydrogen-bond acceptors (Lipinski definition) is 8. The van der Waals surface area contributed by atoms with E-state index >= 15 is 0 Å². The second-order valence-corrected chi connectivity index (χ2v) is 12.2. The number of hydrogen-bond donors (Lipinski definition) is 4. The highest BCUT2D eigenvalue weighted by Crippen LogP contribution is 2.32. The van der Waals surface area contributed by atoms with Crippen LogP contribution in [0.2, 0.25) is 0 Å². The van der Waals surface area contributed by atoms with Gasteiger partial charge in [-0.05, 0) is 100 Å². The summed E-state index contributed by atoms with van der Waals surface area (Å²) in [6, 6.07) is 15.5. The van der Waals surface area contributed by atoms with Crippen LogP contribution in [0, 0.1) is 11.8 Å². The Bertz CT molecular complexity index is 1660. The van der Waals surface area contributed by atoms with E-state index in [1.165, 1.54) is 4.90 Å². The summed E-state index contributed by atoms with van der Waals surface area (Å²) in [6.45, 7) is 2.13. The number of rotatable bonds is 12. The number of carbonyl (C=O) groups is 2. The zero-order chi connectivity index (χ0) is 31.9. The number of anilines is 1. The predicted molar refractivity (Wildman–Crippen MR) is 183 cm³/mol. The second kappa shape index (κ2) is 16.0. The first-order chi connectivity index (χ1) is 21.7. The fourth-order valence-corrected chi connectivity index (χ4v) is 5.93. The number of aromatic nitrogens is 3. The lowest BCUT2D eigenvalue weighted by atomic mass is 9.81. The molecule has 0 radical (unpaired) electrons. The van der Waals surface area contributed by atoms with Gasteiger partial charge in [-0.25, -0.2) is 9.88 Å². The minimum absolute atomic E-state index is 0. The number of fused-ring (bicyclic) bond motifs is 1. The van der Waals surface area contributed by atoms with Crippen LogP contribution >= 0.6 is 12.4 Å². The molecular formula is C34H44ClN7O4. The maximum atomic E-state index is 14.0. The number of pyridine rings is 1. The summed E-state index contributed by atoms with van der Waals surface area (Å²) in [5.41, 5.74) is 15.7. The SMILES string of the molecule is CN(C)CCCOc1ccc(-c2cccc(C[C@H](N)C(=O)N(c3ccc4c(=O)[nH][nH]c4c3)C(=O)[C@H]3CC[C@H](CN)CC3)c2)cn1.Cl. The Labute approximate surface area is 275 Å². The van der Waals surface area contributed by atoms with Gasteiger partial charge in [-0.15, -0.1) is 12.4 Å². The van der Waals surface area contributed by atoms with E-state index < -0.39 is 11.9 Å². The van der Waals surface area contributed by atoms with Crippen LogP contribution in [-0.4, -0.2) is 71.7 Å². The lowest BCUT2D eigenvalue weighted by Gasteiger charge is -2.32. The van der Waals surface area contributed by atoms with Gasteiger partial charge in [-0.1, -0.05) is 24.3 Å². The van der Waals surface area contributed by atoms with E-state index in [0.29, 0.717) is 54.4 Å². The maximum Gasteiger partial charge on any atom is 0.271 e. The molecule has 6 N–H and O–H groups in total. The van der Waals surface area contributed by atoms with Gasteiger partial charge in [0.1, 0.15) is 0 Å². The summed E-state index contributed by atoms with van der Waals surface area (Å²) >= 11 is 0. The minimum Gasteiger partial charge on any atom is -0.478 e. The number of nitrogens with one attached hydrogen (secondary N) is 2. The van der Waals surface area contributed by atoms with Crippen LogP contribution in [0.1, 0.15) is 37.7 Å². The quantitative estimate of drug-likeness (QED) is 0.168. The number of carbonyl (C=O) groups excluding carboxylic acids is 2. The molecule has 2 aromatic carbocycles. The average molecular weight is 650 g/mol. The zero-order valence-corrected chi connectivity index (χ0v) is 27.2. The number of ether oxygens (including phenoxy) is 1. The Morgan fingerprint density at radius 2 is 1.80 bits per heavy atom. The van der Waals surface area contributed by atoms with Crippen LogP contribution < -0.4 is 26.7 Å². The molecule has 1 aliphatic rings. The molecule has 2 amide bonds. The number of aromatic amines is 2. The number of imide groups is 1. The van der Waals surface area contributed by atoms with Gasteiger partial charge >= 0.3 is 0 Å². The first kappa shape index (κ1) is 34.8. The monoisotopic (exact) mass is 649 g/mol. The van der Waals surface area contributed by atoms with Gasteiger partial charge in [0.2, 0.25) is 11.8 Å². The smallest absolute Gasteiger partial charge is 0.271 e. The Morgan fingerprint density at radius 1 is 1.02 bits per heavy atom. The maximum absolute atomic E-state index is 14.0. The lowest BCUT2D eigenvalue weighted by molar-refractivity contribution is -0.130. The Morgan fingerprint density at radius 3 is 2.50 bits per heavy atom. The molecule has 0 spiro atoms. The molecule has 0 bridgehead atoms. The standard InChI is InChI=1S/C34H43N7O4.ClH/c1-40(2)15-4-16-45-31-14-11-26(21-37-31)25-6-3-5-23(17-25)18-29(36)34(44)41(33(43)24-9-7-22(20-35)8-10-24)27-12-13-28-30(19-27)38-39-32(28)42;/h3,5-6,11-14,17,19,21-22,24,29H,4,7-10,15-16,18,20,35-36H2,1-2H3,(H2,38,39,42);1H/t22-,24-,29-;/m0./s1. The van der Waals surface area contributed by atoms with Crippen LogP contribution in [-0.2, 0) is 16.0 Å². The highest BCUT2D eigenvalue weighted by atomic mass is 35.5. The van der Waals surface area contributed by atoms with Crippen molar-refractivity contribution in [2.75, 3.05) is 38.7 Å². The van der Waals surface area contributed by atoms with Crippen LogP contribution in [0.15, 0.2) is 65.6 Å². The molecular weight excluding hydrogens is 606 g/mol. The second-order valence-electron chi connectivity index (χ2n) is 12.2. The van der Waals surface area contributed by atoms with E-state index in [2.05, 4.69) is 20.1 Å². The number of halogens is 1. The van der Waals surface area contributed by atoms with E-state index in [9.17, 15) is 14.4 Å². The number of nitrogens with two attached hydrogens (primary N) is 2. The van der Waals surface area contributed by atoms with E-state index in [0.717, 1.165) is 42.5 Å². The first-order valence-corrected chi connectivity index (χ1v) is 15.6. The predicted octanol–water partition coefficient (Wildman–Crippen LogP) is 3.87. The Kier molecular flexibility index (Phi) is 12.1. The molecule has 1 atom stereocenters. The van der Waals surface area contributed by atoms with Crippen LogP contribution in [0.5, 0.6) is 5.88 Å². The molecule has 0 aliphatic heterocycles. The third-order valence-electron chi connectivity index (χ3n) is 8.56. The summed E-state index contributed by atoms with van der Waals surface area (Å²) in [6.07, 6.45) is 5.94. The molecule has 2 aromatic heterocycles. The summed E-state index contributed by atoms with van der Waals surface area (Å²) in [4.78, 5) is 47.8. The molecule has 0 unspecified atom stereocenters. The molecule has 1 saturated carbocycles. The molecule has 1 fully saturated rings. The van der Waals surface area contributed by atoms with Gasteiger partial charge in [-0.3, -0.25) is 24.6 Å². The summed E-state index contributed by atoms with van der Waals surface area (Å²) in [5.74, 6) is -0.0980. The molecule has 5 rings (SSSR count). The van der Waals surface area contributed by atoms with Gasteiger partial charge < -0.3 is 21.1 Å². The van der Waals surface area contributed by atoms with Crippen molar-refractivity contribution < 1.29 is 14.3 Å². The van der Waals surface area contributed by atoms with E-state index in [1.54, 1.807) is 24.4 Å². The molecule has 4 aromatic rings. The molecule has 46 heavy (non-hydrogen) atoms. The lowest BCUT2D eigenvalue weighted by Crippen LogP contribution is -2.50. The largest absolute Gasteiger partial charge is 0.478 e. The fraction of sp³-hybridized carbons (Fsp3) is 0.412. The van der Waals surface area contributed by atoms with Crippen molar-refractivity contribution in [1.29, 1.82) is 0 Å². The molecule has 1 aliphatic carbocycles. The van der Waals surface area contributed by atoms with Gasteiger partial charge in [0, 0.05) is 30.3 Å². The zero-order valence-electron chi connectivity index (χ0n) is 26.4. The molecule has 2 heterocycles. The average Bonchev–Trinajstić information content (AvgIpc) is 3.43. The van der Waals surface area contributed by atoms with Crippen molar-refractivity contribution in [3.8, 4) is 17.0 Å². The van der Waals surface area contributed by atoms with E-state index in [4.69, 9.17) is 16.2 Å². The minimum atomic E-state index is -0.971. The van der Waals surface area contributed by atoms with Crippen LogP contribution in [0.25, 0.3) is 22.0 Å². The Hall–Kier alpha value is -4.03. The first-order valence-electron chi connectivity index (χ1n) is 15.6. The van der Waals surface area contributed by atoms with Crippen LogP contribution in [0.4, 0.5) is 5.69 Å². The highest BCUT2D eigenvalue weighted by molar-refractivity contribution is 6.17. The number of amides is 2. The van der Waals surface area contributed by atoms with Crippen molar-refractivity contribution in [2.45, 2.75) is 44.6 Å². The van der Waals surface area contributed by atoms with Gasteiger partial charge in [0.25, 0.3) is 11.5 Å². The molecule has 0 saturated heterocycles. The number of benzene rings is 2. The van der Waals surface area contributed by atoms with Crippen LogP contribution in [0.3, 0.4) is 0 Å².